The fraction of sp³-hybridized carbons (Fsp3) is 0.240. The van der Waals surface area contributed by atoms with E-state index in [2.05, 4.69) is 23.7 Å². The van der Waals surface area contributed by atoms with E-state index in [1.165, 1.54) is 11.6 Å². The summed E-state index contributed by atoms with van der Waals surface area (Å²) in [5, 5.41) is 0.947. The van der Waals surface area contributed by atoms with Crippen LogP contribution >= 0.6 is 0 Å². The van der Waals surface area contributed by atoms with Crippen LogP contribution in [-0.2, 0) is 4.79 Å². The van der Waals surface area contributed by atoms with Gasteiger partial charge in [0, 0.05) is 50.1 Å². The number of carbonyl (C=O) groups excluding carboxylic acids is 2. The maximum absolute atomic E-state index is 13.3. The summed E-state index contributed by atoms with van der Waals surface area (Å²) in [6.07, 6.45) is 3.07. The highest BCUT2D eigenvalue weighted by atomic mass is 16.2. The minimum Gasteiger partial charge on any atom is -0.341 e. The molecule has 152 valence electrons. The molecule has 0 N–H and O–H groups in total. The zero-order valence-electron chi connectivity index (χ0n) is 17.1. The summed E-state index contributed by atoms with van der Waals surface area (Å²) in [5.41, 5.74) is 2.50. The van der Waals surface area contributed by atoms with Gasteiger partial charge in [-0.15, -0.1) is 0 Å². The number of para-hydroxylation sites is 1. The third-order valence-corrected chi connectivity index (χ3v) is 5.87. The number of nitrogens with zero attached hydrogens (tertiary/aromatic N) is 3. The van der Waals surface area contributed by atoms with Crippen molar-refractivity contribution in [2.45, 2.75) is 5.92 Å². The molecule has 5 nitrogen and oxygen atoms in total. The van der Waals surface area contributed by atoms with Gasteiger partial charge in [-0.05, 0) is 23.8 Å². The number of likely N-dealkylation sites (tertiary alicyclic amines) is 1. The maximum atomic E-state index is 13.3. The van der Waals surface area contributed by atoms with Crippen LogP contribution in [0, 0.1) is 5.92 Å². The highest BCUT2D eigenvalue weighted by Crippen LogP contribution is 2.33. The van der Waals surface area contributed by atoms with Crippen LogP contribution in [0.3, 0.4) is 0 Å². The first-order chi connectivity index (χ1) is 14.6. The molecule has 30 heavy (non-hydrogen) atoms. The summed E-state index contributed by atoms with van der Waals surface area (Å²) >= 11 is 0. The highest BCUT2D eigenvalue weighted by Gasteiger charge is 2.36. The molecule has 1 aromatic heterocycles. The molecule has 0 bridgehead atoms. The number of hydrogen-bond acceptors (Lipinski definition) is 3. The molecule has 0 radical (unpaired) electrons. The minimum atomic E-state index is -0.0642. The van der Waals surface area contributed by atoms with Gasteiger partial charge in [0.25, 0.3) is 5.91 Å². The molecule has 1 fully saturated rings. The van der Waals surface area contributed by atoms with Gasteiger partial charge in [-0.25, -0.2) is 0 Å². The molecule has 1 saturated heterocycles. The second kappa shape index (κ2) is 8.49. The number of aromatic nitrogens is 1. The Hall–Kier alpha value is -3.47. The normalized spacial score (nSPS) is 18.4. The molecule has 5 heteroatoms. The van der Waals surface area contributed by atoms with Crippen LogP contribution in [0.15, 0.2) is 79.5 Å². The molecule has 2 aromatic carbocycles. The van der Waals surface area contributed by atoms with Crippen LogP contribution in [0.2, 0.25) is 0 Å². The first-order valence-electron chi connectivity index (χ1n) is 10.1. The lowest BCUT2D eigenvalue weighted by Gasteiger charge is -2.25. The molecule has 0 aliphatic carbocycles. The summed E-state index contributed by atoms with van der Waals surface area (Å²) in [6, 6.07) is 19.7. The SMILES string of the molecule is C=CC(=O)N1CC(c2ccccc2)[C@@H](CN(C)C(=O)c2cccc3cccnc23)C1. The van der Waals surface area contributed by atoms with E-state index >= 15 is 0 Å². The van der Waals surface area contributed by atoms with E-state index in [0.717, 1.165) is 5.39 Å². The van der Waals surface area contributed by atoms with E-state index in [1.54, 1.807) is 11.1 Å². The van der Waals surface area contributed by atoms with Gasteiger partial charge in [-0.3, -0.25) is 14.6 Å². The molecule has 2 atom stereocenters. The van der Waals surface area contributed by atoms with Gasteiger partial charge in [0.2, 0.25) is 5.91 Å². The predicted molar refractivity (Wildman–Crippen MR) is 118 cm³/mol. The van der Waals surface area contributed by atoms with E-state index in [-0.39, 0.29) is 23.7 Å². The molecule has 0 spiro atoms. The monoisotopic (exact) mass is 399 g/mol. The zero-order valence-corrected chi connectivity index (χ0v) is 17.1. The second-order valence-electron chi connectivity index (χ2n) is 7.79. The number of benzene rings is 2. The number of pyridine rings is 1. The van der Waals surface area contributed by atoms with Gasteiger partial charge in [0.05, 0.1) is 11.1 Å². The van der Waals surface area contributed by atoms with Crippen molar-refractivity contribution in [1.82, 2.24) is 14.8 Å². The van der Waals surface area contributed by atoms with E-state index in [0.29, 0.717) is 30.7 Å². The Labute approximate surface area is 176 Å². The summed E-state index contributed by atoms with van der Waals surface area (Å²) in [5.74, 6) is 0.203. The van der Waals surface area contributed by atoms with Crippen molar-refractivity contribution >= 4 is 22.7 Å². The Morgan fingerprint density at radius 1 is 1.10 bits per heavy atom. The van der Waals surface area contributed by atoms with Gasteiger partial charge in [0.1, 0.15) is 0 Å². The van der Waals surface area contributed by atoms with Crippen LogP contribution in [0.1, 0.15) is 21.8 Å². The Balaban J connectivity index is 1.58. The number of fused-ring (bicyclic) bond motifs is 1. The predicted octanol–water partition coefficient (Wildman–Crippen LogP) is 3.74. The molecule has 1 aliphatic heterocycles. The van der Waals surface area contributed by atoms with Gasteiger partial charge in [-0.2, -0.15) is 0 Å². The van der Waals surface area contributed by atoms with E-state index in [1.807, 2.05) is 60.5 Å². The Morgan fingerprint density at radius 2 is 1.87 bits per heavy atom. The van der Waals surface area contributed by atoms with Crippen molar-refractivity contribution in [3.05, 3.63) is 90.6 Å². The molecule has 0 saturated carbocycles. The molecule has 2 heterocycles. The molecular formula is C25H25N3O2. The fourth-order valence-corrected chi connectivity index (χ4v) is 4.36. The summed E-state index contributed by atoms with van der Waals surface area (Å²) in [7, 11) is 1.82. The fourth-order valence-electron chi connectivity index (χ4n) is 4.36. The van der Waals surface area contributed by atoms with Crippen molar-refractivity contribution in [1.29, 1.82) is 0 Å². The van der Waals surface area contributed by atoms with E-state index in [9.17, 15) is 9.59 Å². The molecule has 4 rings (SSSR count). The minimum absolute atomic E-state index is 0.0559. The van der Waals surface area contributed by atoms with Gasteiger partial charge in [-0.1, -0.05) is 55.1 Å². The van der Waals surface area contributed by atoms with E-state index in [4.69, 9.17) is 0 Å². The highest BCUT2D eigenvalue weighted by molar-refractivity contribution is 6.05. The first kappa shape index (κ1) is 19.8. The molecule has 3 aromatic rings. The Morgan fingerprint density at radius 3 is 2.63 bits per heavy atom. The lowest BCUT2D eigenvalue weighted by atomic mass is 9.88. The maximum Gasteiger partial charge on any atom is 0.255 e. The second-order valence-corrected chi connectivity index (χ2v) is 7.79. The standard InChI is InChI=1S/C25H25N3O2/c1-3-23(29)28-16-20(22(17-28)18-9-5-4-6-10-18)15-27(2)25(30)21-13-7-11-19-12-8-14-26-24(19)21/h3-14,20,22H,1,15-17H2,2H3/t20-,22?/m0/s1. The average molecular weight is 399 g/mol. The number of carbonyl (C=O) groups is 2. The Kier molecular flexibility index (Phi) is 5.61. The van der Waals surface area contributed by atoms with Gasteiger partial charge >= 0.3 is 0 Å². The van der Waals surface area contributed by atoms with Crippen LogP contribution in [0.5, 0.6) is 0 Å². The van der Waals surface area contributed by atoms with Crippen molar-refractivity contribution in [2.75, 3.05) is 26.7 Å². The Bertz CT molecular complexity index is 1070. The third-order valence-electron chi connectivity index (χ3n) is 5.87. The quantitative estimate of drug-likeness (QED) is 0.614. The molecular weight excluding hydrogens is 374 g/mol. The number of amides is 2. The van der Waals surface area contributed by atoms with E-state index < -0.39 is 0 Å². The van der Waals surface area contributed by atoms with Crippen molar-refractivity contribution in [3.63, 3.8) is 0 Å². The van der Waals surface area contributed by atoms with Crippen molar-refractivity contribution < 1.29 is 9.59 Å². The van der Waals surface area contributed by atoms with Crippen LogP contribution in [-0.4, -0.2) is 53.3 Å². The number of hydrogen-bond donors (Lipinski definition) is 0. The smallest absolute Gasteiger partial charge is 0.255 e. The average Bonchev–Trinajstić information content (AvgIpc) is 3.22. The van der Waals surface area contributed by atoms with Crippen molar-refractivity contribution in [3.8, 4) is 0 Å². The molecule has 1 unspecified atom stereocenters. The largest absolute Gasteiger partial charge is 0.341 e. The topological polar surface area (TPSA) is 53.5 Å². The van der Waals surface area contributed by atoms with Gasteiger partial charge in [0.15, 0.2) is 0 Å². The van der Waals surface area contributed by atoms with Crippen LogP contribution in [0.4, 0.5) is 0 Å². The molecule has 1 aliphatic rings. The molecule has 2 amide bonds. The zero-order chi connectivity index (χ0) is 21.1. The van der Waals surface area contributed by atoms with Crippen LogP contribution in [0.25, 0.3) is 10.9 Å². The van der Waals surface area contributed by atoms with Crippen LogP contribution < -0.4 is 0 Å². The lowest BCUT2D eigenvalue weighted by molar-refractivity contribution is -0.125. The first-order valence-corrected chi connectivity index (χ1v) is 10.1. The number of rotatable bonds is 5. The lowest BCUT2D eigenvalue weighted by Crippen LogP contribution is -2.35. The van der Waals surface area contributed by atoms with Crippen molar-refractivity contribution in [2.24, 2.45) is 5.92 Å². The summed E-state index contributed by atoms with van der Waals surface area (Å²) < 4.78 is 0. The summed E-state index contributed by atoms with van der Waals surface area (Å²) in [4.78, 5) is 33.5. The van der Waals surface area contributed by atoms with Gasteiger partial charge < -0.3 is 9.80 Å². The summed E-state index contributed by atoms with van der Waals surface area (Å²) in [6.45, 7) is 5.42. The third kappa shape index (κ3) is 3.83.